The molecule has 1 fully saturated rings. The third-order valence-electron chi connectivity index (χ3n) is 5.41. The summed E-state index contributed by atoms with van der Waals surface area (Å²) < 4.78 is 34.3. The second-order valence-electron chi connectivity index (χ2n) is 7.53. The van der Waals surface area contributed by atoms with Gasteiger partial charge in [0, 0.05) is 43.3 Å². The Kier molecular flexibility index (Phi) is 7.84. The maximum Gasteiger partial charge on any atom is 0.246 e. The average molecular weight is 482 g/mol. The molecular weight excluding hydrogens is 457 g/mol. The Morgan fingerprint density at radius 1 is 1.10 bits per heavy atom. The van der Waals surface area contributed by atoms with Crippen LogP contribution in [0.1, 0.15) is 32.3 Å². The lowest BCUT2D eigenvalue weighted by molar-refractivity contribution is 0.139. The minimum Gasteiger partial charge on any atom is -0.454 e. The van der Waals surface area contributed by atoms with Crippen molar-refractivity contribution in [1.29, 1.82) is 5.26 Å². The van der Waals surface area contributed by atoms with E-state index in [9.17, 15) is 13.7 Å². The quantitative estimate of drug-likeness (QED) is 0.546. The molecule has 1 atom stereocenters. The van der Waals surface area contributed by atoms with E-state index in [0.717, 1.165) is 12.8 Å². The van der Waals surface area contributed by atoms with Crippen LogP contribution >= 0.6 is 23.2 Å². The molecule has 2 aromatic carbocycles. The Morgan fingerprint density at radius 2 is 1.81 bits per heavy atom. The van der Waals surface area contributed by atoms with Gasteiger partial charge in [-0.15, -0.1) is 0 Å². The van der Waals surface area contributed by atoms with Gasteiger partial charge in [-0.05, 0) is 43.7 Å². The molecular formula is C22H25Cl2N3O3S. The Hall–Kier alpha value is -1.82. The molecule has 3 rings (SSSR count). The first-order valence-corrected chi connectivity index (χ1v) is 12.4. The number of nitrogens with zero attached hydrogens (tertiary/aromatic N) is 3. The van der Waals surface area contributed by atoms with Crippen LogP contribution in [0.4, 0.5) is 0 Å². The zero-order valence-corrected chi connectivity index (χ0v) is 19.8. The third-order valence-corrected chi connectivity index (χ3v) is 7.87. The molecule has 1 heterocycles. The molecule has 1 aliphatic rings. The van der Waals surface area contributed by atoms with Gasteiger partial charge in [0.25, 0.3) is 0 Å². The van der Waals surface area contributed by atoms with Crippen LogP contribution in [0, 0.1) is 11.3 Å². The van der Waals surface area contributed by atoms with Gasteiger partial charge >= 0.3 is 0 Å². The van der Waals surface area contributed by atoms with Crippen LogP contribution in [0.25, 0.3) is 0 Å². The van der Waals surface area contributed by atoms with E-state index < -0.39 is 10.0 Å². The highest BCUT2D eigenvalue weighted by Gasteiger charge is 2.32. The number of hydrogen-bond acceptors (Lipinski definition) is 5. The highest BCUT2D eigenvalue weighted by molar-refractivity contribution is 7.89. The number of sulfonamides is 1. The average Bonchev–Trinajstić information content (AvgIpc) is 2.76. The molecule has 0 spiro atoms. The second-order valence-corrected chi connectivity index (χ2v) is 10.3. The molecule has 0 N–H and O–H groups in total. The van der Waals surface area contributed by atoms with E-state index in [1.165, 1.54) is 28.6 Å². The minimum atomic E-state index is -3.88. The van der Waals surface area contributed by atoms with Crippen LogP contribution < -0.4 is 4.74 Å². The van der Waals surface area contributed by atoms with E-state index in [1.807, 2.05) is 6.07 Å². The van der Waals surface area contributed by atoms with Crippen molar-refractivity contribution in [3.05, 3.63) is 52.0 Å². The molecule has 2 aromatic rings. The van der Waals surface area contributed by atoms with Crippen molar-refractivity contribution in [3.8, 4) is 17.6 Å². The van der Waals surface area contributed by atoms with Crippen molar-refractivity contribution in [1.82, 2.24) is 9.21 Å². The fourth-order valence-electron chi connectivity index (χ4n) is 3.66. The van der Waals surface area contributed by atoms with Gasteiger partial charge in [0.15, 0.2) is 0 Å². The van der Waals surface area contributed by atoms with Crippen molar-refractivity contribution < 1.29 is 13.2 Å². The summed E-state index contributed by atoms with van der Waals surface area (Å²) in [4.78, 5) is 2.25. The van der Waals surface area contributed by atoms with E-state index in [2.05, 4.69) is 18.7 Å². The largest absolute Gasteiger partial charge is 0.454 e. The lowest BCUT2D eigenvalue weighted by Gasteiger charge is -2.37. The normalized spacial score (nSPS) is 16.6. The molecule has 0 amide bonds. The molecule has 0 radical (unpaired) electrons. The van der Waals surface area contributed by atoms with E-state index in [4.69, 9.17) is 27.9 Å². The summed E-state index contributed by atoms with van der Waals surface area (Å²) in [6, 6.07) is 11.5. The van der Waals surface area contributed by atoms with Gasteiger partial charge in [-0.1, -0.05) is 36.5 Å². The Labute approximate surface area is 194 Å². The lowest BCUT2D eigenvalue weighted by Crippen LogP contribution is -2.51. The molecule has 0 aliphatic carbocycles. The lowest BCUT2D eigenvalue weighted by atomic mass is 10.1. The number of benzene rings is 2. The molecule has 1 unspecified atom stereocenters. The van der Waals surface area contributed by atoms with E-state index in [0.29, 0.717) is 42.3 Å². The summed E-state index contributed by atoms with van der Waals surface area (Å²) in [7, 11) is -3.88. The molecule has 6 nitrogen and oxygen atoms in total. The molecule has 9 heteroatoms. The van der Waals surface area contributed by atoms with Crippen LogP contribution in [-0.4, -0.2) is 49.8 Å². The summed E-state index contributed by atoms with van der Waals surface area (Å²) >= 11 is 12.2. The first kappa shape index (κ1) is 23.8. The predicted octanol–water partition coefficient (Wildman–Crippen LogP) is 5.15. The zero-order valence-electron chi connectivity index (χ0n) is 17.5. The molecule has 0 aromatic heterocycles. The topological polar surface area (TPSA) is 73.6 Å². The van der Waals surface area contributed by atoms with Gasteiger partial charge in [0.1, 0.15) is 16.4 Å². The molecule has 0 saturated carbocycles. The number of rotatable bonds is 7. The Balaban J connectivity index is 1.90. The first-order valence-electron chi connectivity index (χ1n) is 10.2. The number of hydrogen-bond donors (Lipinski definition) is 0. The number of halogens is 2. The monoisotopic (exact) mass is 481 g/mol. The van der Waals surface area contributed by atoms with E-state index in [-0.39, 0.29) is 22.0 Å². The number of piperazine rings is 1. The summed E-state index contributed by atoms with van der Waals surface area (Å²) in [6.45, 7) is 6.40. The summed E-state index contributed by atoms with van der Waals surface area (Å²) in [5.41, 5.74) is 0.235. The van der Waals surface area contributed by atoms with Crippen LogP contribution in [0.15, 0.2) is 41.3 Å². The maximum atomic E-state index is 13.5. The molecule has 31 heavy (non-hydrogen) atoms. The van der Waals surface area contributed by atoms with Gasteiger partial charge in [0.2, 0.25) is 10.0 Å². The van der Waals surface area contributed by atoms with Gasteiger partial charge in [0.05, 0.1) is 16.7 Å². The van der Waals surface area contributed by atoms with Gasteiger partial charge in [-0.25, -0.2) is 8.42 Å². The van der Waals surface area contributed by atoms with Crippen LogP contribution in [-0.2, 0) is 10.0 Å². The Bertz CT molecular complexity index is 1080. The molecule has 1 saturated heterocycles. The van der Waals surface area contributed by atoms with Crippen molar-refractivity contribution in [2.75, 3.05) is 26.2 Å². The zero-order chi connectivity index (χ0) is 22.6. The highest BCUT2D eigenvalue weighted by Crippen LogP contribution is 2.36. The second kappa shape index (κ2) is 10.2. The van der Waals surface area contributed by atoms with Gasteiger partial charge in [-0.3, -0.25) is 4.90 Å². The van der Waals surface area contributed by atoms with Crippen molar-refractivity contribution in [2.45, 2.75) is 37.6 Å². The van der Waals surface area contributed by atoms with Crippen molar-refractivity contribution in [3.63, 3.8) is 0 Å². The number of ether oxygens (including phenoxy) is 1. The fraction of sp³-hybridized carbons (Fsp3) is 0.409. The predicted molar refractivity (Wildman–Crippen MR) is 122 cm³/mol. The highest BCUT2D eigenvalue weighted by atomic mass is 35.5. The van der Waals surface area contributed by atoms with Crippen LogP contribution in [0.3, 0.4) is 0 Å². The van der Waals surface area contributed by atoms with E-state index in [1.54, 1.807) is 12.1 Å². The SMILES string of the molecule is CCCC(C)N1CCN(S(=O)(=O)c2cc(C#N)ccc2Oc2cc(Cl)ccc2Cl)CC1. The molecule has 166 valence electrons. The van der Waals surface area contributed by atoms with Crippen LogP contribution in [0.2, 0.25) is 10.0 Å². The third kappa shape index (κ3) is 5.51. The van der Waals surface area contributed by atoms with Gasteiger partial charge in [-0.2, -0.15) is 9.57 Å². The van der Waals surface area contributed by atoms with Crippen molar-refractivity contribution >= 4 is 33.2 Å². The summed E-state index contributed by atoms with van der Waals surface area (Å²) in [5.74, 6) is 0.346. The maximum absolute atomic E-state index is 13.5. The minimum absolute atomic E-state index is 0.0577. The summed E-state index contributed by atoms with van der Waals surface area (Å²) in [6.07, 6.45) is 2.17. The van der Waals surface area contributed by atoms with Gasteiger partial charge < -0.3 is 4.74 Å². The smallest absolute Gasteiger partial charge is 0.246 e. The molecule has 1 aliphatic heterocycles. The van der Waals surface area contributed by atoms with Crippen molar-refractivity contribution in [2.24, 2.45) is 0 Å². The van der Waals surface area contributed by atoms with Crippen LogP contribution in [0.5, 0.6) is 11.5 Å². The number of nitriles is 1. The molecule has 0 bridgehead atoms. The standard InChI is InChI=1S/C22H25Cl2N3O3S/c1-3-4-16(2)26-9-11-27(12-10-26)31(28,29)22-13-17(15-25)5-8-20(22)30-21-14-18(23)6-7-19(21)24/h5-8,13-14,16H,3-4,9-12H2,1-2H3. The van der Waals surface area contributed by atoms with E-state index >= 15 is 0 Å². The summed E-state index contributed by atoms with van der Waals surface area (Å²) in [5, 5.41) is 10.0. The Morgan fingerprint density at radius 3 is 2.45 bits per heavy atom. The first-order chi connectivity index (χ1) is 14.8. The fourth-order valence-corrected chi connectivity index (χ4v) is 5.54.